The first-order chi connectivity index (χ1) is 14.1. The van der Waals surface area contributed by atoms with Crippen LogP contribution in [0.1, 0.15) is 55.9 Å². The van der Waals surface area contributed by atoms with E-state index in [2.05, 4.69) is 23.0 Å². The van der Waals surface area contributed by atoms with Gasteiger partial charge in [0, 0.05) is 22.5 Å². The van der Waals surface area contributed by atoms with Crippen LogP contribution < -0.4 is 0 Å². The van der Waals surface area contributed by atoms with Crippen molar-refractivity contribution in [3.05, 3.63) is 71.0 Å². The Morgan fingerprint density at radius 3 is 2.69 bits per heavy atom. The summed E-state index contributed by atoms with van der Waals surface area (Å²) in [6, 6.07) is 12.5. The molecule has 1 unspecified atom stereocenters. The summed E-state index contributed by atoms with van der Waals surface area (Å²) >= 11 is 6.07. The number of halogens is 2. The molecule has 2 aromatic carbocycles. The van der Waals surface area contributed by atoms with Crippen LogP contribution in [0.2, 0.25) is 5.02 Å². The van der Waals surface area contributed by atoms with Gasteiger partial charge in [-0.3, -0.25) is 4.98 Å². The number of fused-ring (bicyclic) bond motifs is 2. The number of hydrogen-bond donors (Lipinski definition) is 0. The molecule has 5 heteroatoms. The van der Waals surface area contributed by atoms with Gasteiger partial charge in [-0.1, -0.05) is 18.5 Å². The number of aromatic nitrogens is 2. The molecular weight excluding hydrogens is 387 g/mol. The molecule has 1 atom stereocenters. The SMILES string of the molecule is CC(c1nc2cc(Cl)ccc2o1)[C@H]1CC[C@H](c2ccnc3ccc(F)cc32)CC1. The van der Waals surface area contributed by atoms with Gasteiger partial charge in [-0.2, -0.15) is 0 Å². The summed E-state index contributed by atoms with van der Waals surface area (Å²) in [6.07, 6.45) is 6.20. The summed E-state index contributed by atoms with van der Waals surface area (Å²) in [5.74, 6) is 1.81. The molecular formula is C24H22ClFN2O. The van der Waals surface area contributed by atoms with Crippen LogP contribution in [0.3, 0.4) is 0 Å². The minimum Gasteiger partial charge on any atom is -0.440 e. The molecule has 0 bridgehead atoms. The topological polar surface area (TPSA) is 38.9 Å². The predicted molar refractivity (Wildman–Crippen MR) is 114 cm³/mol. The van der Waals surface area contributed by atoms with Crippen molar-refractivity contribution in [1.82, 2.24) is 9.97 Å². The zero-order chi connectivity index (χ0) is 20.0. The monoisotopic (exact) mass is 408 g/mol. The van der Waals surface area contributed by atoms with Crippen molar-refractivity contribution < 1.29 is 8.81 Å². The van der Waals surface area contributed by atoms with Gasteiger partial charge in [0.25, 0.3) is 0 Å². The van der Waals surface area contributed by atoms with Crippen molar-refractivity contribution in [2.45, 2.75) is 44.4 Å². The molecule has 0 saturated heterocycles. The zero-order valence-electron chi connectivity index (χ0n) is 16.2. The highest BCUT2D eigenvalue weighted by Gasteiger charge is 2.30. The molecule has 29 heavy (non-hydrogen) atoms. The predicted octanol–water partition coefficient (Wildman–Crippen LogP) is 7.25. The number of rotatable bonds is 3. The Morgan fingerprint density at radius 2 is 1.86 bits per heavy atom. The summed E-state index contributed by atoms with van der Waals surface area (Å²) in [7, 11) is 0. The quantitative estimate of drug-likeness (QED) is 0.358. The highest BCUT2D eigenvalue weighted by molar-refractivity contribution is 6.31. The van der Waals surface area contributed by atoms with Crippen molar-refractivity contribution in [2.75, 3.05) is 0 Å². The van der Waals surface area contributed by atoms with Crippen molar-refractivity contribution in [1.29, 1.82) is 0 Å². The van der Waals surface area contributed by atoms with E-state index in [1.165, 1.54) is 11.6 Å². The van der Waals surface area contributed by atoms with E-state index in [4.69, 9.17) is 16.0 Å². The molecule has 1 aliphatic rings. The molecule has 0 N–H and O–H groups in total. The van der Waals surface area contributed by atoms with Crippen molar-refractivity contribution in [2.24, 2.45) is 5.92 Å². The zero-order valence-corrected chi connectivity index (χ0v) is 17.0. The van der Waals surface area contributed by atoms with E-state index < -0.39 is 0 Å². The largest absolute Gasteiger partial charge is 0.440 e. The summed E-state index contributed by atoms with van der Waals surface area (Å²) in [5.41, 5.74) is 3.69. The second-order valence-electron chi connectivity index (χ2n) is 8.13. The first kappa shape index (κ1) is 18.6. The average molecular weight is 409 g/mol. The summed E-state index contributed by atoms with van der Waals surface area (Å²) < 4.78 is 19.8. The molecule has 1 fully saturated rings. The van der Waals surface area contributed by atoms with Gasteiger partial charge in [0.15, 0.2) is 11.5 Å². The summed E-state index contributed by atoms with van der Waals surface area (Å²) in [4.78, 5) is 9.07. The number of pyridine rings is 1. The Labute approximate surface area is 173 Å². The number of hydrogen-bond acceptors (Lipinski definition) is 3. The summed E-state index contributed by atoms with van der Waals surface area (Å²) in [5, 5.41) is 1.62. The van der Waals surface area contributed by atoms with E-state index in [0.717, 1.165) is 53.6 Å². The van der Waals surface area contributed by atoms with Gasteiger partial charge in [-0.25, -0.2) is 9.37 Å². The number of benzene rings is 2. The van der Waals surface area contributed by atoms with Crippen LogP contribution in [0.25, 0.3) is 22.0 Å². The molecule has 2 aromatic heterocycles. The average Bonchev–Trinajstić information content (AvgIpc) is 3.16. The van der Waals surface area contributed by atoms with E-state index in [0.29, 0.717) is 16.9 Å². The maximum Gasteiger partial charge on any atom is 0.198 e. The van der Waals surface area contributed by atoms with Gasteiger partial charge >= 0.3 is 0 Å². The van der Waals surface area contributed by atoms with Crippen LogP contribution in [0.5, 0.6) is 0 Å². The molecule has 0 spiro atoms. The van der Waals surface area contributed by atoms with Crippen LogP contribution in [0.4, 0.5) is 4.39 Å². The lowest BCUT2D eigenvalue weighted by Gasteiger charge is -2.31. The first-order valence-corrected chi connectivity index (χ1v) is 10.6. The third-order valence-electron chi connectivity index (χ3n) is 6.41. The summed E-state index contributed by atoms with van der Waals surface area (Å²) in [6.45, 7) is 2.20. The lowest BCUT2D eigenvalue weighted by molar-refractivity contribution is 0.268. The van der Waals surface area contributed by atoms with E-state index in [1.807, 2.05) is 24.4 Å². The van der Waals surface area contributed by atoms with Crippen molar-refractivity contribution >= 4 is 33.6 Å². The van der Waals surface area contributed by atoms with E-state index in [-0.39, 0.29) is 11.7 Å². The van der Waals surface area contributed by atoms with Crippen LogP contribution in [0, 0.1) is 11.7 Å². The van der Waals surface area contributed by atoms with Gasteiger partial charge in [0.05, 0.1) is 5.52 Å². The normalized spacial score (nSPS) is 20.9. The number of nitrogens with zero attached hydrogens (tertiary/aromatic N) is 2. The fraction of sp³-hybridized carbons (Fsp3) is 0.333. The van der Waals surface area contributed by atoms with Gasteiger partial charge in [-0.15, -0.1) is 0 Å². The minimum absolute atomic E-state index is 0.204. The van der Waals surface area contributed by atoms with E-state index >= 15 is 0 Å². The van der Waals surface area contributed by atoms with Gasteiger partial charge < -0.3 is 4.42 Å². The Kier molecular flexibility index (Phi) is 4.75. The van der Waals surface area contributed by atoms with Crippen molar-refractivity contribution in [3.8, 4) is 0 Å². The molecule has 0 radical (unpaired) electrons. The van der Waals surface area contributed by atoms with E-state index in [1.54, 1.807) is 12.1 Å². The van der Waals surface area contributed by atoms with Gasteiger partial charge in [0.2, 0.25) is 0 Å². The minimum atomic E-state index is -0.204. The van der Waals surface area contributed by atoms with Gasteiger partial charge in [0.1, 0.15) is 11.3 Å². The fourth-order valence-electron chi connectivity index (χ4n) is 4.74. The van der Waals surface area contributed by atoms with Gasteiger partial charge in [-0.05, 0) is 85.5 Å². The molecule has 0 aliphatic heterocycles. The third kappa shape index (κ3) is 3.51. The lowest BCUT2D eigenvalue weighted by atomic mass is 9.74. The van der Waals surface area contributed by atoms with Crippen LogP contribution >= 0.6 is 11.6 Å². The Morgan fingerprint density at radius 1 is 1.03 bits per heavy atom. The van der Waals surface area contributed by atoms with Crippen LogP contribution in [-0.4, -0.2) is 9.97 Å². The third-order valence-corrected chi connectivity index (χ3v) is 6.65. The highest BCUT2D eigenvalue weighted by Crippen LogP contribution is 2.43. The first-order valence-electron chi connectivity index (χ1n) is 10.2. The molecule has 148 valence electrons. The van der Waals surface area contributed by atoms with E-state index in [9.17, 15) is 4.39 Å². The molecule has 0 amide bonds. The molecule has 5 rings (SSSR count). The fourth-order valence-corrected chi connectivity index (χ4v) is 4.91. The molecule has 4 aromatic rings. The Hall–Kier alpha value is -2.46. The Balaban J connectivity index is 1.34. The maximum atomic E-state index is 13.8. The van der Waals surface area contributed by atoms with Crippen LogP contribution in [0.15, 0.2) is 53.1 Å². The molecule has 3 nitrogen and oxygen atoms in total. The second kappa shape index (κ2) is 7.42. The molecule has 2 heterocycles. The highest BCUT2D eigenvalue weighted by atomic mass is 35.5. The maximum absolute atomic E-state index is 13.8. The number of oxazole rings is 1. The lowest BCUT2D eigenvalue weighted by Crippen LogP contribution is -2.18. The van der Waals surface area contributed by atoms with Crippen molar-refractivity contribution in [3.63, 3.8) is 0 Å². The molecule has 1 saturated carbocycles. The van der Waals surface area contributed by atoms with Crippen LogP contribution in [-0.2, 0) is 0 Å². The smallest absolute Gasteiger partial charge is 0.198 e. The molecule has 1 aliphatic carbocycles. The second-order valence-corrected chi connectivity index (χ2v) is 8.56. The standard InChI is InChI=1S/C24H22ClFN2O/c1-14(24-28-22-12-17(25)6-9-23(22)29-24)15-2-4-16(5-3-15)19-10-11-27-21-8-7-18(26)13-20(19)21/h6-16H,2-5H2,1H3/t14?,15-,16-. The Bertz CT molecular complexity index is 1180.